The molecule has 0 saturated heterocycles. The zero-order chi connectivity index (χ0) is 12.1. The van der Waals surface area contributed by atoms with Crippen LogP contribution >= 0.6 is 0 Å². The summed E-state index contributed by atoms with van der Waals surface area (Å²) in [7, 11) is 1.78. The van der Waals surface area contributed by atoms with Gasteiger partial charge in [0.2, 0.25) is 0 Å². The van der Waals surface area contributed by atoms with Crippen LogP contribution in [0, 0.1) is 5.92 Å². The maximum Gasteiger partial charge on any atom is 0.321 e. The fraction of sp³-hybridized carbons (Fsp3) is 0.417. The highest BCUT2D eigenvalue weighted by molar-refractivity contribution is 5.89. The summed E-state index contributed by atoms with van der Waals surface area (Å²) in [5.41, 5.74) is 7.01. The van der Waals surface area contributed by atoms with Crippen LogP contribution in [0.4, 0.5) is 16.2 Å². The Labute approximate surface area is 96.4 Å². The Balaban J connectivity index is 2.54. The quantitative estimate of drug-likeness (QED) is 0.770. The number of rotatable bonds is 3. The summed E-state index contributed by atoms with van der Waals surface area (Å²) in [4.78, 5) is 13.4. The third-order valence-electron chi connectivity index (χ3n) is 2.15. The average molecular weight is 221 g/mol. The van der Waals surface area contributed by atoms with Crippen LogP contribution in [0.5, 0.6) is 0 Å². The molecule has 0 atom stereocenters. The zero-order valence-corrected chi connectivity index (χ0v) is 10.0. The summed E-state index contributed by atoms with van der Waals surface area (Å²) in [6.45, 7) is 4.89. The molecule has 0 bridgehead atoms. The van der Waals surface area contributed by atoms with Crippen LogP contribution in [0.1, 0.15) is 13.8 Å². The molecule has 4 heteroatoms. The van der Waals surface area contributed by atoms with Crippen molar-refractivity contribution in [2.24, 2.45) is 5.92 Å². The van der Waals surface area contributed by atoms with E-state index in [1.54, 1.807) is 36.2 Å². The molecule has 0 aliphatic carbocycles. The van der Waals surface area contributed by atoms with Gasteiger partial charge in [-0.2, -0.15) is 0 Å². The average Bonchev–Trinajstić information content (AvgIpc) is 2.20. The molecule has 1 rings (SSSR count). The Morgan fingerprint density at radius 1 is 1.38 bits per heavy atom. The highest BCUT2D eigenvalue weighted by Gasteiger charge is 2.09. The van der Waals surface area contributed by atoms with Gasteiger partial charge < -0.3 is 16.0 Å². The zero-order valence-electron chi connectivity index (χ0n) is 10.0. The van der Waals surface area contributed by atoms with Crippen molar-refractivity contribution in [3.63, 3.8) is 0 Å². The third kappa shape index (κ3) is 3.81. The number of hydrogen-bond donors (Lipinski definition) is 2. The largest absolute Gasteiger partial charge is 0.399 e. The highest BCUT2D eigenvalue weighted by Crippen LogP contribution is 2.11. The third-order valence-corrected chi connectivity index (χ3v) is 2.15. The van der Waals surface area contributed by atoms with Gasteiger partial charge in [0.1, 0.15) is 0 Å². The Kier molecular flexibility index (Phi) is 4.17. The molecule has 1 aromatic carbocycles. The fourth-order valence-corrected chi connectivity index (χ4v) is 1.42. The second-order valence-corrected chi connectivity index (χ2v) is 4.33. The lowest BCUT2D eigenvalue weighted by molar-refractivity contribution is 0.217. The van der Waals surface area contributed by atoms with Crippen molar-refractivity contribution in [1.82, 2.24) is 4.90 Å². The monoisotopic (exact) mass is 221 g/mol. The second kappa shape index (κ2) is 5.39. The van der Waals surface area contributed by atoms with Gasteiger partial charge in [-0.3, -0.25) is 0 Å². The van der Waals surface area contributed by atoms with Crippen molar-refractivity contribution in [2.75, 3.05) is 24.6 Å². The molecule has 0 aliphatic heterocycles. The van der Waals surface area contributed by atoms with Gasteiger partial charge in [0.05, 0.1) is 0 Å². The van der Waals surface area contributed by atoms with Gasteiger partial charge in [-0.1, -0.05) is 13.8 Å². The molecule has 0 aromatic heterocycles. The smallest absolute Gasteiger partial charge is 0.321 e. The van der Waals surface area contributed by atoms with Crippen LogP contribution in [0.2, 0.25) is 0 Å². The number of carbonyl (C=O) groups is 1. The van der Waals surface area contributed by atoms with E-state index in [-0.39, 0.29) is 6.03 Å². The lowest BCUT2D eigenvalue weighted by atomic mass is 10.2. The van der Waals surface area contributed by atoms with Crippen molar-refractivity contribution < 1.29 is 4.79 Å². The summed E-state index contributed by atoms with van der Waals surface area (Å²) in [6.07, 6.45) is 0. The molecule has 0 aliphatic rings. The van der Waals surface area contributed by atoms with Gasteiger partial charge in [-0.15, -0.1) is 0 Å². The molecule has 3 N–H and O–H groups in total. The molecule has 4 nitrogen and oxygen atoms in total. The molecular formula is C12H19N3O. The van der Waals surface area contributed by atoms with Gasteiger partial charge in [-0.25, -0.2) is 4.79 Å². The van der Waals surface area contributed by atoms with Crippen molar-refractivity contribution >= 4 is 17.4 Å². The lowest BCUT2D eigenvalue weighted by Gasteiger charge is -2.19. The molecule has 0 unspecified atom stereocenters. The molecule has 0 saturated carbocycles. The van der Waals surface area contributed by atoms with Gasteiger partial charge >= 0.3 is 6.03 Å². The van der Waals surface area contributed by atoms with Crippen LogP contribution in [-0.4, -0.2) is 24.5 Å². The van der Waals surface area contributed by atoms with Crippen LogP contribution in [0.25, 0.3) is 0 Å². The maximum absolute atomic E-state index is 11.7. The number of carbonyl (C=O) groups excluding carboxylic acids is 1. The summed E-state index contributed by atoms with van der Waals surface area (Å²) >= 11 is 0. The number of nitrogens with one attached hydrogen (secondary N) is 1. The minimum absolute atomic E-state index is 0.0986. The Morgan fingerprint density at radius 3 is 2.44 bits per heavy atom. The molecule has 2 amide bonds. The van der Waals surface area contributed by atoms with Crippen molar-refractivity contribution in [2.45, 2.75) is 13.8 Å². The van der Waals surface area contributed by atoms with E-state index in [1.165, 1.54) is 0 Å². The summed E-state index contributed by atoms with van der Waals surface area (Å²) in [6, 6.07) is 7.00. The topological polar surface area (TPSA) is 58.4 Å². The molecule has 1 aromatic rings. The molecule has 0 heterocycles. The van der Waals surface area contributed by atoms with Gasteiger partial charge in [-0.05, 0) is 30.2 Å². The van der Waals surface area contributed by atoms with E-state index in [0.717, 1.165) is 12.2 Å². The first kappa shape index (κ1) is 12.4. The Hall–Kier alpha value is -1.71. The number of nitrogens with zero attached hydrogens (tertiary/aromatic N) is 1. The van der Waals surface area contributed by atoms with Crippen LogP contribution in [0.15, 0.2) is 24.3 Å². The van der Waals surface area contributed by atoms with E-state index in [2.05, 4.69) is 19.2 Å². The fourth-order valence-electron chi connectivity index (χ4n) is 1.42. The van der Waals surface area contributed by atoms with E-state index < -0.39 is 0 Å². The Morgan fingerprint density at radius 2 is 1.94 bits per heavy atom. The van der Waals surface area contributed by atoms with Gasteiger partial charge in [0.15, 0.2) is 0 Å². The van der Waals surface area contributed by atoms with Crippen LogP contribution in [-0.2, 0) is 0 Å². The van der Waals surface area contributed by atoms with Crippen LogP contribution in [0.3, 0.4) is 0 Å². The number of urea groups is 1. The van der Waals surface area contributed by atoms with Crippen molar-refractivity contribution in [1.29, 1.82) is 0 Å². The SMILES string of the molecule is CC(C)CN(C)C(=O)Nc1ccc(N)cc1. The number of hydrogen-bond acceptors (Lipinski definition) is 2. The number of anilines is 2. The predicted molar refractivity (Wildman–Crippen MR) is 67.3 cm³/mol. The first-order chi connectivity index (χ1) is 7.49. The van der Waals surface area contributed by atoms with Gasteiger partial charge in [0.25, 0.3) is 0 Å². The summed E-state index contributed by atoms with van der Waals surface area (Å²) in [5.74, 6) is 0.460. The maximum atomic E-state index is 11.7. The first-order valence-electron chi connectivity index (χ1n) is 5.36. The van der Waals surface area contributed by atoms with E-state index in [9.17, 15) is 4.79 Å². The normalized spacial score (nSPS) is 10.2. The summed E-state index contributed by atoms with van der Waals surface area (Å²) < 4.78 is 0. The molecule has 16 heavy (non-hydrogen) atoms. The Bertz CT molecular complexity index is 346. The minimum Gasteiger partial charge on any atom is -0.399 e. The van der Waals surface area contributed by atoms with E-state index in [0.29, 0.717) is 11.6 Å². The minimum atomic E-state index is -0.0986. The number of benzene rings is 1. The number of amides is 2. The van der Waals surface area contributed by atoms with Gasteiger partial charge in [0, 0.05) is 25.0 Å². The standard InChI is InChI=1S/C12H19N3O/c1-9(2)8-15(3)12(16)14-11-6-4-10(13)5-7-11/h4-7,9H,8,13H2,1-3H3,(H,14,16). The highest BCUT2D eigenvalue weighted by atomic mass is 16.2. The molecule has 0 spiro atoms. The van der Waals surface area contributed by atoms with E-state index >= 15 is 0 Å². The summed E-state index contributed by atoms with van der Waals surface area (Å²) in [5, 5.41) is 2.81. The molecule has 0 radical (unpaired) electrons. The van der Waals surface area contributed by atoms with Crippen molar-refractivity contribution in [3.8, 4) is 0 Å². The molecule has 88 valence electrons. The van der Waals surface area contributed by atoms with E-state index in [4.69, 9.17) is 5.73 Å². The first-order valence-corrected chi connectivity index (χ1v) is 5.36. The van der Waals surface area contributed by atoms with Crippen molar-refractivity contribution in [3.05, 3.63) is 24.3 Å². The number of nitrogen functional groups attached to an aromatic ring is 1. The van der Waals surface area contributed by atoms with Crippen LogP contribution < -0.4 is 11.1 Å². The molecule has 0 fully saturated rings. The van der Waals surface area contributed by atoms with E-state index in [1.807, 2.05) is 0 Å². The second-order valence-electron chi connectivity index (χ2n) is 4.33. The predicted octanol–water partition coefficient (Wildman–Crippen LogP) is 2.39. The lowest BCUT2D eigenvalue weighted by Crippen LogP contribution is -2.34. The molecular weight excluding hydrogens is 202 g/mol. The number of nitrogens with two attached hydrogens (primary N) is 1.